The van der Waals surface area contributed by atoms with Crippen LogP contribution in [0, 0.1) is 5.92 Å². The standard InChI is InChI=1S/C29H27ClN2O5S/c1-19-14-16-32(17-15-19)38(35,36)23-12-8-20(9-13-23)25(33)18-31-27-24-4-2-3-5-26(24)37-29(27)28(34)21-6-10-22(30)11-7-21/h2-13,19,31H,14-18H2,1H3. The summed E-state index contributed by atoms with van der Waals surface area (Å²) in [4.78, 5) is 26.4. The Hall–Kier alpha value is -3.46. The molecule has 0 saturated carbocycles. The fraction of sp³-hybridized carbons (Fsp3) is 0.241. The number of fused-ring (bicyclic) bond motifs is 1. The molecule has 1 N–H and O–H groups in total. The summed E-state index contributed by atoms with van der Waals surface area (Å²) < 4.78 is 33.4. The van der Waals surface area contributed by atoms with E-state index in [4.69, 9.17) is 16.0 Å². The molecule has 1 saturated heterocycles. The number of carbonyl (C=O) groups excluding carboxylic acids is 2. The van der Waals surface area contributed by atoms with Crippen LogP contribution < -0.4 is 5.32 Å². The number of halogens is 1. The number of carbonyl (C=O) groups is 2. The van der Waals surface area contributed by atoms with Crippen LogP contribution in [0.2, 0.25) is 5.02 Å². The molecule has 0 atom stereocenters. The monoisotopic (exact) mass is 550 g/mol. The van der Waals surface area contributed by atoms with Gasteiger partial charge in [0.25, 0.3) is 0 Å². The van der Waals surface area contributed by atoms with Gasteiger partial charge in [0, 0.05) is 34.6 Å². The number of Topliss-reactive ketones (excluding diaryl/α,β-unsaturated/α-hetero) is 1. The molecular formula is C29H27ClN2O5S. The number of hydrogen-bond acceptors (Lipinski definition) is 6. The summed E-state index contributed by atoms with van der Waals surface area (Å²) in [5.41, 5.74) is 1.71. The van der Waals surface area contributed by atoms with Crippen LogP contribution in [0.4, 0.5) is 5.69 Å². The Balaban J connectivity index is 1.34. The van der Waals surface area contributed by atoms with Crippen LogP contribution in [0.25, 0.3) is 11.0 Å². The Labute approximate surface area is 226 Å². The quantitative estimate of drug-likeness (QED) is 0.269. The number of furan rings is 1. The fourth-order valence-corrected chi connectivity index (χ4v) is 6.17. The Morgan fingerprint density at radius 1 is 0.947 bits per heavy atom. The van der Waals surface area contributed by atoms with Gasteiger partial charge in [0.15, 0.2) is 11.5 Å². The third kappa shape index (κ3) is 5.25. The lowest BCUT2D eigenvalue weighted by atomic mass is 10.0. The van der Waals surface area contributed by atoms with E-state index < -0.39 is 10.0 Å². The molecule has 0 spiro atoms. The molecule has 1 fully saturated rings. The van der Waals surface area contributed by atoms with Crippen LogP contribution in [0.3, 0.4) is 0 Å². The Kier molecular flexibility index (Phi) is 7.38. The first-order chi connectivity index (χ1) is 18.2. The minimum atomic E-state index is -3.60. The van der Waals surface area contributed by atoms with Gasteiger partial charge in [-0.2, -0.15) is 4.31 Å². The van der Waals surface area contributed by atoms with E-state index >= 15 is 0 Å². The molecule has 0 unspecified atom stereocenters. The van der Waals surface area contributed by atoms with E-state index in [1.54, 1.807) is 36.4 Å². The van der Waals surface area contributed by atoms with Crippen molar-refractivity contribution >= 4 is 49.8 Å². The molecule has 0 radical (unpaired) electrons. The molecule has 3 aromatic carbocycles. The van der Waals surface area contributed by atoms with Gasteiger partial charge in [0.2, 0.25) is 15.8 Å². The lowest BCUT2D eigenvalue weighted by Gasteiger charge is -2.29. The van der Waals surface area contributed by atoms with Crippen molar-refractivity contribution in [1.29, 1.82) is 0 Å². The molecule has 1 aromatic heterocycles. The highest BCUT2D eigenvalue weighted by Gasteiger charge is 2.28. The van der Waals surface area contributed by atoms with Crippen molar-refractivity contribution in [3.8, 4) is 0 Å². The number of para-hydroxylation sites is 1. The molecule has 5 rings (SSSR count). The molecule has 38 heavy (non-hydrogen) atoms. The average Bonchev–Trinajstić information content (AvgIpc) is 3.30. The summed E-state index contributed by atoms with van der Waals surface area (Å²) in [5, 5.41) is 4.27. The normalized spacial score (nSPS) is 15.0. The minimum absolute atomic E-state index is 0.0959. The molecule has 0 aliphatic carbocycles. The maximum atomic E-state index is 13.2. The van der Waals surface area contributed by atoms with Crippen molar-refractivity contribution in [3.05, 3.63) is 94.7 Å². The highest BCUT2D eigenvalue weighted by atomic mass is 35.5. The zero-order valence-corrected chi connectivity index (χ0v) is 22.4. The average molecular weight is 551 g/mol. The second-order valence-corrected chi connectivity index (χ2v) is 11.9. The van der Waals surface area contributed by atoms with Gasteiger partial charge in [-0.15, -0.1) is 0 Å². The second-order valence-electron chi connectivity index (χ2n) is 9.53. The largest absolute Gasteiger partial charge is 0.450 e. The summed E-state index contributed by atoms with van der Waals surface area (Å²) in [6.07, 6.45) is 1.68. The van der Waals surface area contributed by atoms with Crippen LogP contribution in [0.1, 0.15) is 46.2 Å². The molecule has 1 aliphatic rings. The van der Waals surface area contributed by atoms with Gasteiger partial charge >= 0.3 is 0 Å². The van der Waals surface area contributed by atoms with E-state index in [2.05, 4.69) is 12.2 Å². The number of benzene rings is 3. The molecule has 0 bridgehead atoms. The van der Waals surface area contributed by atoms with Gasteiger partial charge in [-0.3, -0.25) is 9.59 Å². The van der Waals surface area contributed by atoms with Gasteiger partial charge in [-0.1, -0.05) is 30.7 Å². The first kappa shape index (κ1) is 26.2. The summed E-state index contributed by atoms with van der Waals surface area (Å²) in [6, 6.07) is 19.7. The van der Waals surface area contributed by atoms with Crippen LogP contribution in [0.5, 0.6) is 0 Å². The van der Waals surface area contributed by atoms with Gasteiger partial charge in [-0.25, -0.2) is 8.42 Å². The number of nitrogens with one attached hydrogen (secondary N) is 1. The van der Waals surface area contributed by atoms with Crippen LogP contribution in [0.15, 0.2) is 82.1 Å². The third-order valence-electron chi connectivity index (χ3n) is 6.89. The number of rotatable bonds is 8. The zero-order chi connectivity index (χ0) is 26.9. The third-order valence-corrected chi connectivity index (χ3v) is 9.06. The number of ketones is 2. The van der Waals surface area contributed by atoms with Gasteiger partial charge < -0.3 is 9.73 Å². The maximum Gasteiger partial charge on any atom is 0.243 e. The lowest BCUT2D eigenvalue weighted by Crippen LogP contribution is -2.37. The Bertz CT molecular complexity index is 1590. The van der Waals surface area contributed by atoms with Gasteiger partial charge in [0.1, 0.15) is 5.58 Å². The number of hydrogen-bond donors (Lipinski definition) is 1. The van der Waals surface area contributed by atoms with Crippen LogP contribution >= 0.6 is 11.6 Å². The van der Waals surface area contributed by atoms with E-state index in [0.717, 1.165) is 12.8 Å². The topological polar surface area (TPSA) is 96.7 Å². The second kappa shape index (κ2) is 10.7. The van der Waals surface area contributed by atoms with Crippen molar-refractivity contribution in [2.45, 2.75) is 24.7 Å². The molecule has 0 amide bonds. The molecule has 2 heterocycles. The number of nitrogens with zero attached hydrogens (tertiary/aromatic N) is 1. The van der Waals surface area contributed by atoms with Crippen LogP contribution in [-0.2, 0) is 10.0 Å². The summed E-state index contributed by atoms with van der Waals surface area (Å²) in [7, 11) is -3.60. The number of sulfonamides is 1. The van der Waals surface area contributed by atoms with Crippen molar-refractivity contribution in [1.82, 2.24) is 4.31 Å². The van der Waals surface area contributed by atoms with Crippen molar-refractivity contribution < 1.29 is 22.4 Å². The van der Waals surface area contributed by atoms with Crippen LogP contribution in [-0.4, -0.2) is 43.9 Å². The molecule has 196 valence electrons. The van der Waals surface area contributed by atoms with Crippen molar-refractivity contribution in [2.24, 2.45) is 5.92 Å². The van der Waals surface area contributed by atoms with Crippen molar-refractivity contribution in [3.63, 3.8) is 0 Å². The van der Waals surface area contributed by atoms with E-state index in [1.807, 2.05) is 12.1 Å². The van der Waals surface area contributed by atoms with E-state index in [-0.39, 0.29) is 28.8 Å². The zero-order valence-electron chi connectivity index (χ0n) is 20.8. The predicted octanol–water partition coefficient (Wildman–Crippen LogP) is 6.03. The van der Waals surface area contributed by atoms with Crippen molar-refractivity contribution in [2.75, 3.05) is 25.0 Å². The summed E-state index contributed by atoms with van der Waals surface area (Å²) >= 11 is 5.96. The van der Waals surface area contributed by atoms with Gasteiger partial charge in [0.05, 0.1) is 17.1 Å². The van der Waals surface area contributed by atoms with E-state index in [0.29, 0.717) is 51.8 Å². The molecule has 1 aliphatic heterocycles. The maximum absolute atomic E-state index is 13.2. The SMILES string of the molecule is CC1CCN(S(=O)(=O)c2ccc(C(=O)CNc3c(C(=O)c4ccc(Cl)cc4)oc4ccccc34)cc2)CC1. The minimum Gasteiger partial charge on any atom is -0.450 e. The highest BCUT2D eigenvalue weighted by Crippen LogP contribution is 2.33. The number of anilines is 1. The Morgan fingerprint density at radius 2 is 1.58 bits per heavy atom. The molecule has 9 heteroatoms. The van der Waals surface area contributed by atoms with E-state index in [9.17, 15) is 18.0 Å². The number of piperidine rings is 1. The smallest absolute Gasteiger partial charge is 0.243 e. The summed E-state index contributed by atoms with van der Waals surface area (Å²) in [6.45, 7) is 3.02. The Morgan fingerprint density at radius 3 is 2.26 bits per heavy atom. The first-order valence-corrected chi connectivity index (χ1v) is 14.2. The predicted molar refractivity (Wildman–Crippen MR) is 148 cm³/mol. The molecule has 7 nitrogen and oxygen atoms in total. The lowest BCUT2D eigenvalue weighted by molar-refractivity contribution is 0.0997. The van der Waals surface area contributed by atoms with Gasteiger partial charge in [-0.05, 0) is 79.4 Å². The first-order valence-electron chi connectivity index (χ1n) is 12.4. The molecular weight excluding hydrogens is 524 g/mol. The highest BCUT2D eigenvalue weighted by molar-refractivity contribution is 7.89. The molecule has 4 aromatic rings. The van der Waals surface area contributed by atoms with E-state index in [1.165, 1.54) is 28.6 Å². The summed E-state index contributed by atoms with van der Waals surface area (Å²) in [5.74, 6) is 0.0207. The fourth-order valence-electron chi connectivity index (χ4n) is 4.57.